The Morgan fingerprint density at radius 2 is 1.82 bits per heavy atom. The van der Waals surface area contributed by atoms with Gasteiger partial charge in [-0.05, 0) is 67.1 Å². The predicted octanol–water partition coefficient (Wildman–Crippen LogP) is 5.42. The number of imide groups is 1. The first-order chi connectivity index (χ1) is 19.4. The molecule has 2 aliphatic heterocycles. The largest absolute Gasteiger partial charge is 0.490 e. The maximum Gasteiger partial charge on any atom is 0.294 e. The number of carbonyl (C=O) groups excluding carboxylic acids is 3. The summed E-state index contributed by atoms with van der Waals surface area (Å²) in [4.78, 5) is 39.4. The molecule has 10 heteroatoms. The van der Waals surface area contributed by atoms with Crippen molar-refractivity contribution in [3.63, 3.8) is 0 Å². The maximum atomic E-state index is 13.0. The van der Waals surface area contributed by atoms with E-state index in [1.165, 1.54) is 0 Å². The Labute approximate surface area is 236 Å². The van der Waals surface area contributed by atoms with E-state index in [0.717, 1.165) is 27.8 Å². The van der Waals surface area contributed by atoms with Crippen LogP contribution in [0.15, 0.2) is 65.6 Å². The fourth-order valence-corrected chi connectivity index (χ4v) is 5.06. The summed E-state index contributed by atoms with van der Waals surface area (Å²) in [7, 11) is 0. The highest BCUT2D eigenvalue weighted by atomic mass is 32.2. The lowest BCUT2D eigenvalue weighted by molar-refractivity contribution is -0.127. The van der Waals surface area contributed by atoms with Crippen molar-refractivity contribution in [3.05, 3.63) is 82.3 Å². The second-order valence-electron chi connectivity index (χ2n) is 9.09. The molecular formula is C30H28N2O7S. The molecule has 0 unspecified atom stereocenters. The molecule has 0 bridgehead atoms. The molecule has 5 rings (SSSR count). The fourth-order valence-electron chi connectivity index (χ4n) is 4.22. The molecule has 0 radical (unpaired) electrons. The van der Waals surface area contributed by atoms with Crippen molar-refractivity contribution in [1.29, 1.82) is 0 Å². The van der Waals surface area contributed by atoms with Crippen LogP contribution in [0.3, 0.4) is 0 Å². The zero-order chi connectivity index (χ0) is 28.1. The third-order valence-corrected chi connectivity index (χ3v) is 6.95. The van der Waals surface area contributed by atoms with Gasteiger partial charge in [0.2, 0.25) is 5.91 Å². The van der Waals surface area contributed by atoms with E-state index < -0.39 is 23.6 Å². The van der Waals surface area contributed by atoms with E-state index >= 15 is 0 Å². The van der Waals surface area contributed by atoms with Crippen molar-refractivity contribution in [3.8, 4) is 23.0 Å². The highest BCUT2D eigenvalue weighted by Gasteiger charge is 2.36. The van der Waals surface area contributed by atoms with E-state index in [0.29, 0.717) is 60.7 Å². The van der Waals surface area contributed by atoms with E-state index in [-0.39, 0.29) is 4.91 Å². The maximum absolute atomic E-state index is 13.0. The van der Waals surface area contributed by atoms with Gasteiger partial charge in [-0.1, -0.05) is 35.9 Å². The number of ether oxygens (including phenoxy) is 4. The number of hydrogen-bond acceptors (Lipinski definition) is 8. The zero-order valence-electron chi connectivity index (χ0n) is 22.1. The molecule has 3 aromatic rings. The lowest BCUT2D eigenvalue weighted by Crippen LogP contribution is -2.36. The monoisotopic (exact) mass is 560 g/mol. The van der Waals surface area contributed by atoms with Gasteiger partial charge >= 0.3 is 0 Å². The van der Waals surface area contributed by atoms with Crippen molar-refractivity contribution in [2.75, 3.05) is 31.7 Å². The Bertz CT molecular complexity index is 1490. The lowest BCUT2D eigenvalue weighted by atomic mass is 10.1. The zero-order valence-corrected chi connectivity index (χ0v) is 22.9. The molecule has 3 aromatic carbocycles. The number of anilines is 1. The average Bonchev–Trinajstić information content (AvgIpc) is 3.20. The van der Waals surface area contributed by atoms with Crippen LogP contribution in [0.4, 0.5) is 10.5 Å². The number of benzene rings is 3. The third kappa shape index (κ3) is 6.40. The van der Waals surface area contributed by atoms with E-state index in [9.17, 15) is 14.4 Å². The van der Waals surface area contributed by atoms with Crippen molar-refractivity contribution in [2.45, 2.75) is 20.5 Å². The van der Waals surface area contributed by atoms with Crippen LogP contribution in [-0.4, -0.2) is 48.3 Å². The minimum absolute atomic E-state index is 0.216. The van der Waals surface area contributed by atoms with Crippen LogP contribution >= 0.6 is 11.8 Å². The summed E-state index contributed by atoms with van der Waals surface area (Å²) in [6.07, 6.45) is 1.61. The minimum atomic E-state index is -0.537. The summed E-state index contributed by atoms with van der Waals surface area (Å²) in [6.45, 7) is 5.18. The molecule has 206 valence electrons. The summed E-state index contributed by atoms with van der Waals surface area (Å²) >= 11 is 0.786. The number of carbonyl (C=O) groups is 3. The second-order valence-corrected chi connectivity index (χ2v) is 10.1. The van der Waals surface area contributed by atoms with Crippen LogP contribution in [0, 0.1) is 6.92 Å². The van der Waals surface area contributed by atoms with Crippen LogP contribution < -0.4 is 24.3 Å². The predicted molar refractivity (Wildman–Crippen MR) is 152 cm³/mol. The minimum Gasteiger partial charge on any atom is -0.490 e. The molecule has 40 heavy (non-hydrogen) atoms. The summed E-state index contributed by atoms with van der Waals surface area (Å²) in [6, 6.07) is 18.4. The van der Waals surface area contributed by atoms with Crippen LogP contribution in [0.2, 0.25) is 0 Å². The smallest absolute Gasteiger partial charge is 0.294 e. The Hall–Kier alpha value is -4.44. The summed E-state index contributed by atoms with van der Waals surface area (Å²) in [5, 5.41) is 2.18. The quantitative estimate of drug-likeness (QED) is 0.346. The number of aryl methyl sites for hydroxylation is 1. The first-order valence-corrected chi connectivity index (χ1v) is 13.6. The van der Waals surface area contributed by atoms with E-state index in [2.05, 4.69) is 11.4 Å². The van der Waals surface area contributed by atoms with Gasteiger partial charge in [0.05, 0.1) is 11.5 Å². The van der Waals surface area contributed by atoms with E-state index in [1.807, 2.05) is 32.0 Å². The van der Waals surface area contributed by atoms with Crippen LogP contribution in [0.5, 0.6) is 23.0 Å². The Morgan fingerprint density at radius 1 is 1.00 bits per heavy atom. The average molecular weight is 561 g/mol. The van der Waals surface area contributed by atoms with E-state index in [4.69, 9.17) is 18.9 Å². The van der Waals surface area contributed by atoms with Gasteiger partial charge in [0.25, 0.3) is 11.1 Å². The number of thioether (sulfide) groups is 1. The molecular weight excluding hydrogens is 532 g/mol. The molecule has 3 amide bonds. The Kier molecular flexibility index (Phi) is 8.26. The fraction of sp³-hybridized carbons (Fsp3) is 0.233. The van der Waals surface area contributed by atoms with Crippen LogP contribution in [0.1, 0.15) is 23.6 Å². The molecule has 1 fully saturated rings. The molecule has 9 nitrogen and oxygen atoms in total. The highest BCUT2D eigenvalue weighted by molar-refractivity contribution is 8.18. The summed E-state index contributed by atoms with van der Waals surface area (Å²) in [5.74, 6) is 1.18. The highest BCUT2D eigenvalue weighted by Crippen LogP contribution is 2.36. The number of amides is 3. The SMILES string of the molecule is CCOc1cc(/C=C2\SC(=O)N(CC(=O)Nc3ccc4c(c3)OCCO4)C2=O)ccc1OCc1cccc(C)c1. The number of fused-ring (bicyclic) bond motifs is 1. The van der Waals surface area contributed by atoms with Crippen molar-refractivity contribution in [2.24, 2.45) is 0 Å². The van der Waals surface area contributed by atoms with Crippen molar-refractivity contribution in [1.82, 2.24) is 4.90 Å². The van der Waals surface area contributed by atoms with Gasteiger partial charge in [-0.25, -0.2) is 0 Å². The van der Waals surface area contributed by atoms with Gasteiger partial charge in [-0.15, -0.1) is 0 Å². The molecule has 0 aromatic heterocycles. The second kappa shape index (κ2) is 12.2. The molecule has 0 aliphatic carbocycles. The summed E-state index contributed by atoms with van der Waals surface area (Å²) < 4.78 is 22.8. The first kappa shape index (κ1) is 27.1. The first-order valence-electron chi connectivity index (χ1n) is 12.8. The van der Waals surface area contributed by atoms with Gasteiger partial charge in [0.15, 0.2) is 23.0 Å². The number of nitrogens with zero attached hydrogens (tertiary/aromatic N) is 1. The molecule has 1 N–H and O–H groups in total. The standard InChI is InChI=1S/C30H28N2O7S/c1-3-36-25-14-20(7-9-24(25)39-18-21-6-4-5-19(2)13-21)15-27-29(34)32(30(35)40-27)17-28(33)31-22-8-10-23-26(16-22)38-12-11-37-23/h4-10,13-16H,3,11-12,17-18H2,1-2H3,(H,31,33)/b27-15-. The van der Waals surface area contributed by atoms with E-state index in [1.54, 1.807) is 42.5 Å². The van der Waals surface area contributed by atoms with Gasteiger partial charge in [0.1, 0.15) is 26.4 Å². The molecule has 0 spiro atoms. The van der Waals surface area contributed by atoms with Gasteiger partial charge in [-0.2, -0.15) is 0 Å². The Balaban J connectivity index is 1.24. The van der Waals surface area contributed by atoms with Crippen LogP contribution in [-0.2, 0) is 16.2 Å². The molecule has 2 heterocycles. The van der Waals surface area contributed by atoms with Crippen molar-refractivity contribution >= 4 is 40.6 Å². The number of rotatable bonds is 9. The normalized spacial score (nSPS) is 15.3. The molecule has 1 saturated heterocycles. The summed E-state index contributed by atoms with van der Waals surface area (Å²) in [5.41, 5.74) is 3.33. The topological polar surface area (TPSA) is 103 Å². The van der Waals surface area contributed by atoms with Crippen molar-refractivity contribution < 1.29 is 33.3 Å². The molecule has 0 saturated carbocycles. The van der Waals surface area contributed by atoms with Crippen LogP contribution in [0.25, 0.3) is 6.08 Å². The van der Waals surface area contributed by atoms with Gasteiger partial charge in [0, 0.05) is 11.8 Å². The van der Waals surface area contributed by atoms with Gasteiger partial charge in [-0.3, -0.25) is 19.3 Å². The number of hydrogen-bond donors (Lipinski definition) is 1. The Morgan fingerprint density at radius 3 is 2.62 bits per heavy atom. The molecule has 2 aliphatic rings. The lowest BCUT2D eigenvalue weighted by Gasteiger charge is -2.19. The third-order valence-electron chi connectivity index (χ3n) is 6.04. The van der Waals surface area contributed by atoms with Gasteiger partial charge < -0.3 is 24.3 Å². The number of nitrogens with one attached hydrogen (secondary N) is 1. The molecule has 0 atom stereocenters.